The van der Waals surface area contributed by atoms with E-state index in [-0.39, 0.29) is 18.1 Å². The summed E-state index contributed by atoms with van der Waals surface area (Å²) in [5.74, 6) is -0.185. The van der Waals surface area contributed by atoms with Crippen molar-refractivity contribution < 1.29 is 14.3 Å². The van der Waals surface area contributed by atoms with Gasteiger partial charge in [0.15, 0.2) is 0 Å². The molecule has 2 aromatic rings. The molecule has 0 aromatic carbocycles. The van der Waals surface area contributed by atoms with Crippen molar-refractivity contribution in [3.63, 3.8) is 0 Å². The van der Waals surface area contributed by atoms with Crippen molar-refractivity contribution in [1.82, 2.24) is 15.3 Å². The number of nitrogens with one attached hydrogen (secondary N) is 1. The lowest BCUT2D eigenvalue weighted by molar-refractivity contribution is -0.0742. The van der Waals surface area contributed by atoms with E-state index in [1.165, 1.54) is 11.3 Å². The second-order valence-corrected chi connectivity index (χ2v) is 5.71. The highest BCUT2D eigenvalue weighted by atomic mass is 32.1. The molecular weight excluding hydrogens is 302 g/mol. The van der Waals surface area contributed by atoms with Crippen molar-refractivity contribution in [3.05, 3.63) is 46.7 Å². The topological polar surface area (TPSA) is 73.3 Å². The van der Waals surface area contributed by atoms with Crippen molar-refractivity contribution in [2.24, 2.45) is 0 Å². The van der Waals surface area contributed by atoms with Gasteiger partial charge in [0.1, 0.15) is 11.8 Å². The summed E-state index contributed by atoms with van der Waals surface area (Å²) in [5.41, 5.74) is 3.08. The number of nitrogens with zero attached hydrogens (tertiary/aromatic N) is 2. The Morgan fingerprint density at radius 2 is 2.41 bits per heavy atom. The van der Waals surface area contributed by atoms with Crippen LogP contribution >= 0.6 is 11.3 Å². The summed E-state index contributed by atoms with van der Waals surface area (Å²) < 4.78 is 11.3. The summed E-state index contributed by atoms with van der Waals surface area (Å²) in [6.45, 7) is 1.51. The summed E-state index contributed by atoms with van der Waals surface area (Å²) in [6, 6.07) is 5.19. The standard InChI is InChI=1S/C15H17N3O3S/c19-15(13-3-1-2-5-16-13)18-12-4-6-20-8-14(12)21-7-11-9-22-10-17-11/h1-3,5,9-10,12,14H,4,6-8H2,(H,18,19). The minimum absolute atomic E-state index is 0.0816. The first-order chi connectivity index (χ1) is 10.8. The fourth-order valence-electron chi connectivity index (χ4n) is 2.28. The van der Waals surface area contributed by atoms with Crippen molar-refractivity contribution in [2.75, 3.05) is 13.2 Å². The van der Waals surface area contributed by atoms with Crippen molar-refractivity contribution in [1.29, 1.82) is 0 Å². The Morgan fingerprint density at radius 1 is 1.45 bits per heavy atom. The van der Waals surface area contributed by atoms with E-state index in [9.17, 15) is 4.79 Å². The van der Waals surface area contributed by atoms with Crippen molar-refractivity contribution in [3.8, 4) is 0 Å². The summed E-state index contributed by atoms with van der Waals surface area (Å²) >= 11 is 1.53. The van der Waals surface area contributed by atoms with E-state index < -0.39 is 0 Å². The summed E-state index contributed by atoms with van der Waals surface area (Å²) in [4.78, 5) is 20.5. The fourth-order valence-corrected chi connectivity index (χ4v) is 2.82. The van der Waals surface area contributed by atoms with Crippen LogP contribution in [0, 0.1) is 0 Å². The average Bonchev–Trinajstić information content (AvgIpc) is 3.08. The summed E-state index contributed by atoms with van der Waals surface area (Å²) in [6.07, 6.45) is 2.15. The maximum Gasteiger partial charge on any atom is 0.270 e. The smallest absolute Gasteiger partial charge is 0.270 e. The van der Waals surface area contributed by atoms with Gasteiger partial charge >= 0.3 is 0 Å². The van der Waals surface area contributed by atoms with Gasteiger partial charge in [-0.3, -0.25) is 9.78 Å². The molecule has 1 aliphatic rings. The lowest BCUT2D eigenvalue weighted by atomic mass is 10.1. The number of thiazole rings is 1. The van der Waals surface area contributed by atoms with E-state index in [1.54, 1.807) is 29.9 Å². The SMILES string of the molecule is O=C(NC1CCOCC1OCc1cscn1)c1ccccn1. The van der Waals surface area contributed by atoms with E-state index in [0.29, 0.717) is 25.5 Å². The average molecular weight is 319 g/mol. The lowest BCUT2D eigenvalue weighted by Gasteiger charge is -2.31. The second kappa shape index (κ2) is 7.44. The molecule has 0 spiro atoms. The van der Waals surface area contributed by atoms with Crippen LogP contribution < -0.4 is 5.32 Å². The van der Waals surface area contributed by atoms with Crippen LogP contribution in [-0.2, 0) is 16.1 Å². The van der Waals surface area contributed by atoms with Crippen LogP contribution in [0.5, 0.6) is 0 Å². The number of carbonyl (C=O) groups is 1. The molecule has 2 atom stereocenters. The van der Waals surface area contributed by atoms with E-state index >= 15 is 0 Å². The van der Waals surface area contributed by atoms with Crippen LogP contribution in [-0.4, -0.2) is 41.2 Å². The van der Waals surface area contributed by atoms with Gasteiger partial charge in [0.2, 0.25) is 0 Å². The quantitative estimate of drug-likeness (QED) is 0.907. The number of rotatable bonds is 5. The van der Waals surface area contributed by atoms with Gasteiger partial charge in [-0.15, -0.1) is 11.3 Å². The van der Waals surface area contributed by atoms with Gasteiger partial charge < -0.3 is 14.8 Å². The van der Waals surface area contributed by atoms with Crippen molar-refractivity contribution in [2.45, 2.75) is 25.2 Å². The molecule has 0 bridgehead atoms. The van der Waals surface area contributed by atoms with Gasteiger partial charge in [-0.1, -0.05) is 6.07 Å². The first-order valence-corrected chi connectivity index (χ1v) is 8.05. The van der Waals surface area contributed by atoms with Crippen LogP contribution in [0.25, 0.3) is 0 Å². The predicted molar refractivity (Wildman–Crippen MR) is 81.6 cm³/mol. The van der Waals surface area contributed by atoms with Crippen LogP contribution in [0.15, 0.2) is 35.3 Å². The highest BCUT2D eigenvalue weighted by molar-refractivity contribution is 7.07. The lowest BCUT2D eigenvalue weighted by Crippen LogP contribution is -2.50. The monoisotopic (exact) mass is 319 g/mol. The van der Waals surface area contributed by atoms with Gasteiger partial charge in [-0.2, -0.15) is 0 Å². The maximum atomic E-state index is 12.2. The molecule has 0 saturated carbocycles. The van der Waals surface area contributed by atoms with E-state index in [2.05, 4.69) is 15.3 Å². The third kappa shape index (κ3) is 3.88. The largest absolute Gasteiger partial charge is 0.379 e. The third-order valence-corrected chi connectivity index (χ3v) is 4.08. The van der Waals surface area contributed by atoms with Crippen LogP contribution in [0.3, 0.4) is 0 Å². The molecule has 3 rings (SSSR count). The Kier molecular flexibility index (Phi) is 5.10. The molecule has 7 heteroatoms. The summed E-state index contributed by atoms with van der Waals surface area (Å²) in [5, 5.41) is 4.94. The Hall–Kier alpha value is -1.83. The Labute approximate surface area is 132 Å². The zero-order valence-electron chi connectivity index (χ0n) is 12.0. The molecule has 1 N–H and O–H groups in total. The molecule has 0 radical (unpaired) electrons. The number of hydrogen-bond acceptors (Lipinski definition) is 6. The minimum Gasteiger partial charge on any atom is -0.379 e. The van der Waals surface area contributed by atoms with Gasteiger partial charge in [-0.25, -0.2) is 4.98 Å². The number of pyridine rings is 1. The zero-order valence-corrected chi connectivity index (χ0v) is 12.8. The zero-order chi connectivity index (χ0) is 15.2. The van der Waals surface area contributed by atoms with Gasteiger partial charge in [0, 0.05) is 18.2 Å². The highest BCUT2D eigenvalue weighted by Crippen LogP contribution is 2.14. The minimum atomic E-state index is -0.185. The maximum absolute atomic E-state index is 12.2. The number of ether oxygens (including phenoxy) is 2. The van der Waals surface area contributed by atoms with Crippen LogP contribution in [0.2, 0.25) is 0 Å². The molecule has 1 saturated heterocycles. The van der Waals surface area contributed by atoms with Crippen LogP contribution in [0.4, 0.5) is 0 Å². The molecule has 3 heterocycles. The molecule has 1 aliphatic heterocycles. The number of hydrogen-bond donors (Lipinski definition) is 1. The Morgan fingerprint density at radius 3 is 3.18 bits per heavy atom. The number of carbonyl (C=O) groups excluding carboxylic acids is 1. The summed E-state index contributed by atoms with van der Waals surface area (Å²) in [7, 11) is 0. The van der Waals surface area contributed by atoms with Gasteiger partial charge in [0.05, 0.1) is 30.5 Å². The normalized spacial score (nSPS) is 21.5. The van der Waals surface area contributed by atoms with Gasteiger partial charge in [-0.05, 0) is 18.6 Å². The number of aromatic nitrogens is 2. The third-order valence-electron chi connectivity index (χ3n) is 3.45. The molecule has 6 nitrogen and oxygen atoms in total. The van der Waals surface area contributed by atoms with Crippen molar-refractivity contribution >= 4 is 17.2 Å². The van der Waals surface area contributed by atoms with E-state index in [4.69, 9.17) is 9.47 Å². The molecule has 2 unspecified atom stereocenters. The molecule has 116 valence electrons. The van der Waals surface area contributed by atoms with Crippen LogP contribution in [0.1, 0.15) is 22.6 Å². The molecular formula is C15H17N3O3S. The Balaban J connectivity index is 1.58. The fraction of sp³-hybridized carbons (Fsp3) is 0.400. The molecule has 2 aromatic heterocycles. The highest BCUT2D eigenvalue weighted by Gasteiger charge is 2.28. The Bertz CT molecular complexity index is 591. The second-order valence-electron chi connectivity index (χ2n) is 4.99. The number of amides is 1. The molecule has 1 fully saturated rings. The molecule has 0 aliphatic carbocycles. The van der Waals surface area contributed by atoms with Gasteiger partial charge in [0.25, 0.3) is 5.91 Å². The first-order valence-electron chi connectivity index (χ1n) is 7.11. The molecule has 22 heavy (non-hydrogen) atoms. The van der Waals surface area contributed by atoms with E-state index in [0.717, 1.165) is 12.1 Å². The molecule has 1 amide bonds. The predicted octanol–water partition coefficient (Wildman–Crippen LogP) is 1.64. The first kappa shape index (κ1) is 15.1. The van der Waals surface area contributed by atoms with E-state index in [1.807, 2.05) is 5.38 Å².